The van der Waals surface area contributed by atoms with Crippen LogP contribution in [0.5, 0.6) is 5.88 Å². The first-order valence-corrected chi connectivity index (χ1v) is 7.40. The highest BCUT2D eigenvalue weighted by atomic mass is 32.2. The minimum atomic E-state index is -4.56. The summed E-state index contributed by atoms with van der Waals surface area (Å²) in [4.78, 5) is 6.95. The van der Waals surface area contributed by atoms with E-state index in [0.717, 1.165) is 5.56 Å². The van der Waals surface area contributed by atoms with E-state index in [-0.39, 0.29) is 17.9 Å². The molecule has 1 aromatic carbocycles. The molecule has 0 amide bonds. The molecule has 0 aliphatic carbocycles. The minimum absolute atomic E-state index is 0.112. The van der Waals surface area contributed by atoms with Gasteiger partial charge in [-0.1, -0.05) is 30.3 Å². The van der Waals surface area contributed by atoms with E-state index in [9.17, 15) is 18.1 Å². The second kappa shape index (κ2) is 5.56. The molecular weight excluding hydrogens is 280 g/mol. The van der Waals surface area contributed by atoms with Gasteiger partial charge in [-0.25, -0.2) is 4.98 Å². The molecule has 106 valence electrons. The molecular formula is C13H14N2O4S. The van der Waals surface area contributed by atoms with E-state index in [0.29, 0.717) is 6.42 Å². The van der Waals surface area contributed by atoms with Crippen LogP contribution in [0.3, 0.4) is 0 Å². The summed E-state index contributed by atoms with van der Waals surface area (Å²) in [7, 11) is -4.56. The van der Waals surface area contributed by atoms with Crippen LogP contribution in [-0.4, -0.2) is 28.0 Å². The van der Waals surface area contributed by atoms with Gasteiger partial charge in [0.05, 0.1) is 5.69 Å². The molecule has 0 saturated heterocycles. The Hall–Kier alpha value is -1.99. The highest BCUT2D eigenvalue weighted by Gasteiger charge is 2.23. The van der Waals surface area contributed by atoms with E-state index in [1.165, 1.54) is 0 Å². The van der Waals surface area contributed by atoms with E-state index in [1.807, 2.05) is 30.3 Å². The molecule has 1 heterocycles. The number of aryl methyl sites for hydroxylation is 3. The van der Waals surface area contributed by atoms with Crippen LogP contribution < -0.4 is 0 Å². The van der Waals surface area contributed by atoms with E-state index in [4.69, 9.17) is 0 Å². The quantitative estimate of drug-likeness (QED) is 0.829. The van der Waals surface area contributed by atoms with Gasteiger partial charge in [0.1, 0.15) is 5.82 Å². The second-order valence-corrected chi connectivity index (χ2v) is 5.69. The van der Waals surface area contributed by atoms with Crippen LogP contribution in [0.1, 0.15) is 17.1 Å². The average Bonchev–Trinajstić information content (AvgIpc) is 2.35. The molecule has 2 aromatic rings. The van der Waals surface area contributed by atoms with Gasteiger partial charge in [-0.2, -0.15) is 13.4 Å². The first-order valence-electron chi connectivity index (χ1n) is 5.96. The van der Waals surface area contributed by atoms with Gasteiger partial charge >= 0.3 is 10.1 Å². The van der Waals surface area contributed by atoms with Crippen molar-refractivity contribution in [3.8, 4) is 5.88 Å². The zero-order valence-electron chi connectivity index (χ0n) is 10.8. The summed E-state index contributed by atoms with van der Waals surface area (Å²) in [5.74, 6) is -0.471. The van der Waals surface area contributed by atoms with Crippen molar-refractivity contribution >= 4 is 10.1 Å². The predicted molar refractivity (Wildman–Crippen MR) is 72.1 cm³/mol. The molecule has 6 nitrogen and oxygen atoms in total. The molecule has 1 aromatic heterocycles. The zero-order valence-corrected chi connectivity index (χ0v) is 11.6. The molecule has 2 rings (SSSR count). The van der Waals surface area contributed by atoms with E-state index in [2.05, 4.69) is 9.97 Å². The molecule has 0 aliphatic heterocycles. The predicted octanol–water partition coefficient (Wildman–Crippen LogP) is 1.52. The summed E-state index contributed by atoms with van der Waals surface area (Å²) in [6.07, 6.45) is 0.815. The maximum absolute atomic E-state index is 11.3. The fraction of sp³-hybridized carbons (Fsp3) is 0.231. The summed E-state index contributed by atoms with van der Waals surface area (Å²) in [5.41, 5.74) is 1.12. The number of hydrogen-bond donors (Lipinski definition) is 2. The lowest BCUT2D eigenvalue weighted by atomic mass is 10.1. The summed E-state index contributed by atoms with van der Waals surface area (Å²) in [6, 6.07) is 9.44. The summed E-state index contributed by atoms with van der Waals surface area (Å²) < 4.78 is 31.8. The number of aromatic nitrogens is 2. The Morgan fingerprint density at radius 1 is 1.10 bits per heavy atom. The molecule has 0 spiro atoms. The van der Waals surface area contributed by atoms with Crippen molar-refractivity contribution in [1.29, 1.82) is 0 Å². The Bertz CT molecular complexity index is 715. The Labute approximate surface area is 116 Å². The van der Waals surface area contributed by atoms with Crippen LogP contribution in [0.25, 0.3) is 0 Å². The molecule has 0 saturated carbocycles. The third-order valence-electron chi connectivity index (χ3n) is 2.78. The van der Waals surface area contributed by atoms with Gasteiger partial charge in [0.25, 0.3) is 0 Å². The first kappa shape index (κ1) is 14.4. The monoisotopic (exact) mass is 294 g/mol. The van der Waals surface area contributed by atoms with Crippen LogP contribution >= 0.6 is 0 Å². The average molecular weight is 294 g/mol. The highest BCUT2D eigenvalue weighted by Crippen LogP contribution is 2.24. The molecule has 2 N–H and O–H groups in total. The van der Waals surface area contributed by atoms with Crippen LogP contribution in [0, 0.1) is 6.92 Å². The summed E-state index contributed by atoms with van der Waals surface area (Å²) in [6.45, 7) is 1.54. The molecule has 7 heteroatoms. The maximum Gasteiger partial charge on any atom is 0.301 e. The summed E-state index contributed by atoms with van der Waals surface area (Å²) in [5, 5.41) is 9.61. The van der Waals surface area contributed by atoms with E-state index < -0.39 is 20.9 Å². The lowest BCUT2D eigenvalue weighted by molar-refractivity contribution is 0.418. The van der Waals surface area contributed by atoms with Gasteiger partial charge in [0.2, 0.25) is 5.88 Å². The SMILES string of the molecule is Cc1nc(O)c(S(=O)(=O)O)c(CCc2ccccc2)n1. The number of nitrogens with zero attached hydrogens (tertiary/aromatic N) is 2. The van der Waals surface area contributed by atoms with Crippen molar-refractivity contribution in [2.45, 2.75) is 24.7 Å². The molecule has 0 bridgehead atoms. The fourth-order valence-electron chi connectivity index (χ4n) is 1.95. The van der Waals surface area contributed by atoms with Gasteiger partial charge in [-0.15, -0.1) is 0 Å². The Morgan fingerprint density at radius 2 is 1.75 bits per heavy atom. The van der Waals surface area contributed by atoms with Gasteiger partial charge in [0, 0.05) is 0 Å². The number of aromatic hydroxyl groups is 1. The van der Waals surface area contributed by atoms with Crippen LogP contribution in [0.4, 0.5) is 0 Å². The molecule has 20 heavy (non-hydrogen) atoms. The van der Waals surface area contributed by atoms with Crippen LogP contribution in [-0.2, 0) is 23.0 Å². The van der Waals surface area contributed by atoms with Crippen molar-refractivity contribution in [3.63, 3.8) is 0 Å². The number of hydrogen-bond acceptors (Lipinski definition) is 5. The smallest absolute Gasteiger partial charge is 0.301 e. The number of benzene rings is 1. The second-order valence-electron chi connectivity index (χ2n) is 4.33. The van der Waals surface area contributed by atoms with Crippen LogP contribution in [0.2, 0.25) is 0 Å². The largest absolute Gasteiger partial charge is 0.492 e. The Balaban J connectivity index is 2.36. The Morgan fingerprint density at radius 3 is 2.35 bits per heavy atom. The molecule has 0 unspecified atom stereocenters. The first-order chi connectivity index (χ1) is 9.38. The van der Waals surface area contributed by atoms with Gasteiger partial charge < -0.3 is 5.11 Å². The normalized spacial score (nSPS) is 11.5. The van der Waals surface area contributed by atoms with E-state index >= 15 is 0 Å². The maximum atomic E-state index is 11.3. The standard InChI is InChI=1S/C13H14N2O4S/c1-9-14-11(8-7-10-5-3-2-4-6-10)12(13(16)15-9)20(17,18)19/h2-6H,7-8H2,1H3,(H,14,15,16)(H,17,18,19). The topological polar surface area (TPSA) is 100 Å². The molecule has 0 aliphatic rings. The molecule has 0 fully saturated rings. The highest BCUT2D eigenvalue weighted by molar-refractivity contribution is 7.86. The van der Waals surface area contributed by atoms with Crippen molar-refractivity contribution in [3.05, 3.63) is 47.4 Å². The van der Waals surface area contributed by atoms with Gasteiger partial charge in [-0.3, -0.25) is 4.55 Å². The Kier molecular flexibility index (Phi) is 4.01. The van der Waals surface area contributed by atoms with Crippen molar-refractivity contribution < 1.29 is 18.1 Å². The molecule has 0 atom stereocenters. The van der Waals surface area contributed by atoms with Crippen molar-refractivity contribution in [2.75, 3.05) is 0 Å². The van der Waals surface area contributed by atoms with E-state index in [1.54, 1.807) is 6.92 Å². The third kappa shape index (κ3) is 3.31. The van der Waals surface area contributed by atoms with Gasteiger partial charge in [-0.05, 0) is 25.3 Å². The fourth-order valence-corrected chi connectivity index (χ4v) is 2.67. The number of rotatable bonds is 4. The van der Waals surface area contributed by atoms with Gasteiger partial charge in [0.15, 0.2) is 4.90 Å². The third-order valence-corrected chi connectivity index (χ3v) is 3.72. The minimum Gasteiger partial charge on any atom is -0.492 e. The van der Waals surface area contributed by atoms with Crippen molar-refractivity contribution in [1.82, 2.24) is 9.97 Å². The van der Waals surface area contributed by atoms with Crippen LogP contribution in [0.15, 0.2) is 35.2 Å². The zero-order chi connectivity index (χ0) is 14.8. The summed E-state index contributed by atoms with van der Waals surface area (Å²) >= 11 is 0. The molecule has 0 radical (unpaired) electrons. The lowest BCUT2D eigenvalue weighted by Gasteiger charge is -2.08. The lowest BCUT2D eigenvalue weighted by Crippen LogP contribution is -2.09. The van der Waals surface area contributed by atoms with Crippen molar-refractivity contribution in [2.24, 2.45) is 0 Å².